The predicted octanol–water partition coefficient (Wildman–Crippen LogP) is 3.16. The molecule has 3 atom stereocenters. The summed E-state index contributed by atoms with van der Waals surface area (Å²) in [6.45, 7) is 6.76. The molecule has 0 bridgehead atoms. The maximum absolute atomic E-state index is 8.75. The first kappa shape index (κ1) is 10.2. The van der Waals surface area contributed by atoms with E-state index in [-0.39, 0.29) is 5.41 Å². The second-order valence-corrected chi connectivity index (χ2v) is 4.75. The van der Waals surface area contributed by atoms with Crippen LogP contribution < -0.4 is 0 Å². The summed E-state index contributed by atoms with van der Waals surface area (Å²) in [5.41, 5.74) is 1.96. The highest BCUT2D eigenvalue weighted by atomic mass is 16.4. The van der Waals surface area contributed by atoms with Gasteiger partial charge < -0.3 is 5.21 Å². The fraction of sp³-hybridized carbons (Fsp3) is 0.462. The average molecular weight is 203 g/mol. The van der Waals surface area contributed by atoms with Gasteiger partial charge in [-0.3, -0.25) is 0 Å². The Morgan fingerprint density at radius 3 is 2.73 bits per heavy atom. The minimum atomic E-state index is 0.0857. The van der Waals surface area contributed by atoms with Crippen molar-refractivity contribution in [1.29, 1.82) is 0 Å². The highest BCUT2D eigenvalue weighted by Gasteiger charge is 2.38. The minimum absolute atomic E-state index is 0.0857. The summed E-state index contributed by atoms with van der Waals surface area (Å²) < 4.78 is 0. The monoisotopic (exact) mass is 203 g/mol. The molecule has 15 heavy (non-hydrogen) atoms. The Morgan fingerprint density at radius 1 is 1.33 bits per heavy atom. The quantitative estimate of drug-likeness (QED) is 0.476. The van der Waals surface area contributed by atoms with Gasteiger partial charge >= 0.3 is 0 Å². The Hall–Kier alpha value is -1.31. The molecule has 80 valence electrons. The molecule has 0 aromatic heterocycles. The van der Waals surface area contributed by atoms with Crippen molar-refractivity contribution in [1.82, 2.24) is 0 Å². The molecule has 1 N–H and O–H groups in total. The van der Waals surface area contributed by atoms with Crippen molar-refractivity contribution in [2.24, 2.45) is 22.4 Å². The second kappa shape index (κ2) is 3.37. The van der Waals surface area contributed by atoms with Gasteiger partial charge in [0.2, 0.25) is 0 Å². The van der Waals surface area contributed by atoms with Crippen LogP contribution in [-0.2, 0) is 0 Å². The lowest BCUT2D eigenvalue weighted by molar-refractivity contribution is 0.265. The van der Waals surface area contributed by atoms with E-state index in [1.807, 2.05) is 12.2 Å². The van der Waals surface area contributed by atoms with Gasteiger partial charge in [0, 0.05) is 5.41 Å². The number of oxime groups is 1. The first-order valence-corrected chi connectivity index (χ1v) is 5.39. The normalized spacial score (nSPS) is 41.5. The van der Waals surface area contributed by atoms with E-state index in [0.717, 1.165) is 0 Å². The number of hydrogen-bond acceptors (Lipinski definition) is 2. The smallest absolute Gasteiger partial charge is 0.102 e. The van der Waals surface area contributed by atoms with Gasteiger partial charge in [0.15, 0.2) is 0 Å². The van der Waals surface area contributed by atoms with E-state index in [0.29, 0.717) is 17.5 Å². The molecule has 0 saturated heterocycles. The predicted molar refractivity (Wildman–Crippen MR) is 62.0 cm³/mol. The molecule has 0 aliphatic heterocycles. The molecule has 0 heterocycles. The van der Waals surface area contributed by atoms with E-state index in [4.69, 9.17) is 5.21 Å². The van der Waals surface area contributed by atoms with Gasteiger partial charge in [0.25, 0.3) is 0 Å². The number of fused-ring (bicyclic) bond motifs is 1. The lowest BCUT2D eigenvalue weighted by Crippen LogP contribution is -2.34. The van der Waals surface area contributed by atoms with Crippen LogP contribution in [0.25, 0.3) is 0 Å². The SMILES string of the molecule is CC1C=CC2=C/C(=N/O)C=CC2(C)C1C. The fourth-order valence-electron chi connectivity index (χ4n) is 2.39. The Morgan fingerprint density at radius 2 is 2.07 bits per heavy atom. The Labute approximate surface area is 90.7 Å². The Bertz CT molecular complexity index is 389. The molecule has 0 aromatic rings. The minimum Gasteiger partial charge on any atom is -0.410 e. The third-order valence-electron chi connectivity index (χ3n) is 3.96. The number of rotatable bonds is 0. The molecule has 2 rings (SSSR count). The van der Waals surface area contributed by atoms with Gasteiger partial charge in [-0.25, -0.2) is 0 Å². The van der Waals surface area contributed by atoms with Crippen LogP contribution in [0.1, 0.15) is 20.8 Å². The molecular weight excluding hydrogens is 186 g/mol. The van der Waals surface area contributed by atoms with E-state index in [1.165, 1.54) is 5.57 Å². The van der Waals surface area contributed by atoms with E-state index in [2.05, 4.69) is 44.2 Å². The number of nitrogens with zero attached hydrogens (tertiary/aromatic N) is 1. The molecule has 2 aliphatic carbocycles. The van der Waals surface area contributed by atoms with Crippen LogP contribution in [0.4, 0.5) is 0 Å². The molecule has 0 saturated carbocycles. The van der Waals surface area contributed by atoms with Crippen molar-refractivity contribution in [3.63, 3.8) is 0 Å². The lowest BCUT2D eigenvalue weighted by atomic mass is 9.62. The molecule has 3 unspecified atom stereocenters. The molecule has 2 aliphatic rings. The van der Waals surface area contributed by atoms with Gasteiger partial charge in [-0.15, -0.1) is 0 Å². The Balaban J connectivity index is 2.48. The maximum atomic E-state index is 8.75. The summed E-state index contributed by atoms with van der Waals surface area (Å²) in [6, 6.07) is 0. The topological polar surface area (TPSA) is 32.6 Å². The molecule has 0 aromatic carbocycles. The van der Waals surface area contributed by atoms with Crippen LogP contribution in [0.2, 0.25) is 0 Å². The van der Waals surface area contributed by atoms with Crippen LogP contribution in [0.3, 0.4) is 0 Å². The summed E-state index contributed by atoms with van der Waals surface area (Å²) in [5, 5.41) is 12.0. The van der Waals surface area contributed by atoms with Gasteiger partial charge in [-0.2, -0.15) is 0 Å². The van der Waals surface area contributed by atoms with Gasteiger partial charge in [0.05, 0.1) is 0 Å². The van der Waals surface area contributed by atoms with Gasteiger partial charge in [0.1, 0.15) is 5.71 Å². The van der Waals surface area contributed by atoms with Crippen LogP contribution in [0, 0.1) is 17.3 Å². The molecular formula is C13H17NO. The van der Waals surface area contributed by atoms with E-state index in [9.17, 15) is 0 Å². The van der Waals surface area contributed by atoms with Crippen molar-refractivity contribution < 1.29 is 5.21 Å². The summed E-state index contributed by atoms with van der Waals surface area (Å²) >= 11 is 0. The highest BCUT2D eigenvalue weighted by Crippen LogP contribution is 2.46. The third-order valence-corrected chi connectivity index (χ3v) is 3.96. The van der Waals surface area contributed by atoms with Crippen molar-refractivity contribution in [2.45, 2.75) is 20.8 Å². The molecule has 2 nitrogen and oxygen atoms in total. The highest BCUT2D eigenvalue weighted by molar-refractivity contribution is 6.05. The summed E-state index contributed by atoms with van der Waals surface area (Å²) in [7, 11) is 0. The zero-order valence-electron chi connectivity index (χ0n) is 9.44. The summed E-state index contributed by atoms with van der Waals surface area (Å²) in [4.78, 5) is 0. The molecule has 0 spiro atoms. The standard InChI is InChI=1S/C13H17NO/c1-9-4-5-11-8-12(14-15)6-7-13(11,3)10(9)2/h4-10,15H,1-3H3/b14-12+. The fourth-order valence-corrected chi connectivity index (χ4v) is 2.39. The number of allylic oxidation sites excluding steroid dienone is 6. The molecule has 0 amide bonds. The summed E-state index contributed by atoms with van der Waals surface area (Å²) in [6.07, 6.45) is 10.4. The van der Waals surface area contributed by atoms with E-state index >= 15 is 0 Å². The van der Waals surface area contributed by atoms with Gasteiger partial charge in [-0.1, -0.05) is 44.2 Å². The first-order valence-electron chi connectivity index (χ1n) is 5.39. The zero-order chi connectivity index (χ0) is 11.1. The second-order valence-electron chi connectivity index (χ2n) is 4.75. The van der Waals surface area contributed by atoms with Crippen molar-refractivity contribution in [3.8, 4) is 0 Å². The van der Waals surface area contributed by atoms with E-state index < -0.39 is 0 Å². The first-order chi connectivity index (χ1) is 7.08. The maximum Gasteiger partial charge on any atom is 0.102 e. The van der Waals surface area contributed by atoms with Crippen LogP contribution in [0.15, 0.2) is 41.1 Å². The largest absolute Gasteiger partial charge is 0.410 e. The molecule has 0 fully saturated rings. The average Bonchev–Trinajstić information content (AvgIpc) is 2.25. The van der Waals surface area contributed by atoms with Crippen LogP contribution in [0.5, 0.6) is 0 Å². The number of hydrogen-bond donors (Lipinski definition) is 1. The molecule has 2 heteroatoms. The lowest BCUT2D eigenvalue weighted by Gasteiger charge is -2.41. The van der Waals surface area contributed by atoms with Crippen molar-refractivity contribution >= 4 is 5.71 Å². The van der Waals surface area contributed by atoms with Crippen LogP contribution in [-0.4, -0.2) is 10.9 Å². The van der Waals surface area contributed by atoms with Crippen molar-refractivity contribution in [3.05, 3.63) is 36.0 Å². The molecule has 0 radical (unpaired) electrons. The van der Waals surface area contributed by atoms with E-state index in [1.54, 1.807) is 0 Å². The van der Waals surface area contributed by atoms with Crippen LogP contribution >= 0.6 is 0 Å². The third kappa shape index (κ3) is 1.44. The van der Waals surface area contributed by atoms with Crippen molar-refractivity contribution in [2.75, 3.05) is 0 Å². The zero-order valence-corrected chi connectivity index (χ0v) is 9.44. The Kier molecular flexibility index (Phi) is 2.29. The van der Waals surface area contributed by atoms with Gasteiger partial charge in [-0.05, 0) is 29.6 Å². The summed E-state index contributed by atoms with van der Waals surface area (Å²) in [5.74, 6) is 1.16.